The second-order valence-electron chi connectivity index (χ2n) is 5.49. The molecule has 1 unspecified atom stereocenters. The maximum absolute atomic E-state index is 11.8. The van der Waals surface area contributed by atoms with E-state index in [0.717, 1.165) is 51.2 Å². The van der Waals surface area contributed by atoms with Crippen LogP contribution < -0.4 is 0 Å². The number of likely N-dealkylation sites (N-methyl/N-ethyl adjacent to an activating group) is 1. The lowest BCUT2D eigenvalue weighted by Gasteiger charge is -2.32. The second kappa shape index (κ2) is 5.47. The Kier molecular flexibility index (Phi) is 3.71. The van der Waals surface area contributed by atoms with Gasteiger partial charge in [-0.25, -0.2) is 0 Å². The standard InChI is InChI=1S/C15H22N2O2/c1-2-16-8-9-19-12(10-16)11-17-7-6-13-14(17)4-3-5-15(13)18/h6-7,12H,2-5,8-11H2,1H3. The highest BCUT2D eigenvalue weighted by Gasteiger charge is 2.24. The Labute approximate surface area is 114 Å². The maximum atomic E-state index is 11.8. The number of ether oxygens (including phenoxy) is 1. The Balaban J connectivity index is 1.71. The molecule has 1 atom stereocenters. The smallest absolute Gasteiger partial charge is 0.164 e. The van der Waals surface area contributed by atoms with Crippen molar-refractivity contribution in [3.8, 4) is 0 Å². The van der Waals surface area contributed by atoms with Gasteiger partial charge < -0.3 is 9.30 Å². The third-order valence-corrected chi connectivity index (χ3v) is 4.27. The summed E-state index contributed by atoms with van der Waals surface area (Å²) in [5.74, 6) is 0.305. The van der Waals surface area contributed by atoms with Crippen LogP contribution in [0.3, 0.4) is 0 Å². The Morgan fingerprint density at radius 2 is 2.32 bits per heavy atom. The van der Waals surface area contributed by atoms with Gasteiger partial charge in [-0.05, 0) is 25.5 Å². The summed E-state index contributed by atoms with van der Waals surface area (Å²) in [5.41, 5.74) is 2.16. The fourth-order valence-corrected chi connectivity index (χ4v) is 3.16. The first-order valence-electron chi connectivity index (χ1n) is 7.33. The average Bonchev–Trinajstić information content (AvgIpc) is 2.84. The number of hydrogen-bond donors (Lipinski definition) is 0. The number of carbonyl (C=O) groups excluding carboxylic acids is 1. The molecule has 1 saturated heterocycles. The third kappa shape index (κ3) is 2.60. The minimum atomic E-state index is 0.252. The van der Waals surface area contributed by atoms with Crippen molar-refractivity contribution in [1.82, 2.24) is 9.47 Å². The van der Waals surface area contributed by atoms with Crippen LogP contribution in [0, 0.1) is 0 Å². The molecule has 0 N–H and O–H groups in total. The van der Waals surface area contributed by atoms with Gasteiger partial charge in [-0.2, -0.15) is 0 Å². The number of nitrogens with zero attached hydrogens (tertiary/aromatic N) is 2. The number of aromatic nitrogens is 1. The zero-order chi connectivity index (χ0) is 13.2. The van der Waals surface area contributed by atoms with E-state index in [1.807, 2.05) is 6.07 Å². The molecule has 1 aromatic heterocycles. The molecule has 104 valence electrons. The molecule has 3 rings (SSSR count). The molecule has 1 aliphatic carbocycles. The predicted molar refractivity (Wildman–Crippen MR) is 73.6 cm³/mol. The molecule has 1 aliphatic heterocycles. The van der Waals surface area contributed by atoms with Crippen LogP contribution in [0.15, 0.2) is 12.3 Å². The lowest BCUT2D eigenvalue weighted by atomic mass is 9.97. The van der Waals surface area contributed by atoms with Gasteiger partial charge in [0.2, 0.25) is 0 Å². The molecule has 0 spiro atoms. The van der Waals surface area contributed by atoms with Gasteiger partial charge in [-0.1, -0.05) is 6.92 Å². The molecule has 2 aliphatic rings. The summed E-state index contributed by atoms with van der Waals surface area (Å²) in [7, 11) is 0. The summed E-state index contributed by atoms with van der Waals surface area (Å²) in [6, 6.07) is 1.98. The summed E-state index contributed by atoms with van der Waals surface area (Å²) in [5, 5.41) is 0. The summed E-state index contributed by atoms with van der Waals surface area (Å²) >= 11 is 0. The lowest BCUT2D eigenvalue weighted by Crippen LogP contribution is -2.44. The number of fused-ring (bicyclic) bond motifs is 1. The van der Waals surface area contributed by atoms with Gasteiger partial charge in [-0.3, -0.25) is 9.69 Å². The van der Waals surface area contributed by atoms with Gasteiger partial charge >= 0.3 is 0 Å². The number of carbonyl (C=O) groups is 1. The highest BCUT2D eigenvalue weighted by atomic mass is 16.5. The minimum Gasteiger partial charge on any atom is -0.374 e. The van der Waals surface area contributed by atoms with Crippen LogP contribution in [0.5, 0.6) is 0 Å². The van der Waals surface area contributed by atoms with Crippen molar-refractivity contribution < 1.29 is 9.53 Å². The first-order valence-corrected chi connectivity index (χ1v) is 7.33. The van der Waals surface area contributed by atoms with E-state index in [2.05, 4.69) is 22.6 Å². The van der Waals surface area contributed by atoms with E-state index in [9.17, 15) is 4.79 Å². The highest BCUT2D eigenvalue weighted by molar-refractivity contribution is 5.98. The SMILES string of the molecule is CCN1CCOC(Cn2ccc3c2CCCC3=O)C1. The van der Waals surface area contributed by atoms with Gasteiger partial charge in [0.15, 0.2) is 5.78 Å². The number of hydrogen-bond acceptors (Lipinski definition) is 3. The van der Waals surface area contributed by atoms with Crippen LogP contribution in [0.2, 0.25) is 0 Å². The topological polar surface area (TPSA) is 34.5 Å². The van der Waals surface area contributed by atoms with Gasteiger partial charge in [0.1, 0.15) is 0 Å². The Morgan fingerprint density at radius 1 is 1.42 bits per heavy atom. The molecule has 0 bridgehead atoms. The fraction of sp³-hybridized carbons (Fsp3) is 0.667. The van der Waals surface area contributed by atoms with Crippen LogP contribution in [-0.2, 0) is 17.7 Å². The van der Waals surface area contributed by atoms with Crippen LogP contribution >= 0.6 is 0 Å². The van der Waals surface area contributed by atoms with Gasteiger partial charge in [0.05, 0.1) is 12.7 Å². The van der Waals surface area contributed by atoms with Crippen LogP contribution in [-0.4, -0.2) is 47.6 Å². The van der Waals surface area contributed by atoms with Crippen LogP contribution in [0.1, 0.15) is 35.8 Å². The molecule has 4 nitrogen and oxygen atoms in total. The molecule has 1 fully saturated rings. The van der Waals surface area contributed by atoms with E-state index in [0.29, 0.717) is 12.2 Å². The maximum Gasteiger partial charge on any atom is 0.164 e. The van der Waals surface area contributed by atoms with Crippen LogP contribution in [0.25, 0.3) is 0 Å². The summed E-state index contributed by atoms with van der Waals surface area (Å²) in [6.45, 7) is 7.01. The number of Topliss-reactive ketones (excluding diaryl/α,β-unsaturated/α-hetero) is 1. The Morgan fingerprint density at radius 3 is 3.16 bits per heavy atom. The van der Waals surface area contributed by atoms with Gasteiger partial charge in [0.25, 0.3) is 0 Å². The number of rotatable bonds is 3. The summed E-state index contributed by atoms with van der Waals surface area (Å²) in [6.07, 6.45) is 5.03. The van der Waals surface area contributed by atoms with E-state index in [1.165, 1.54) is 5.69 Å². The molecular weight excluding hydrogens is 240 g/mol. The molecule has 0 radical (unpaired) electrons. The average molecular weight is 262 g/mol. The Hall–Kier alpha value is -1.13. The zero-order valence-electron chi connectivity index (χ0n) is 11.6. The van der Waals surface area contributed by atoms with Crippen molar-refractivity contribution in [3.05, 3.63) is 23.5 Å². The number of ketones is 1. The molecular formula is C15H22N2O2. The lowest BCUT2D eigenvalue weighted by molar-refractivity contribution is -0.0345. The molecule has 0 amide bonds. The van der Waals surface area contributed by atoms with Crippen LogP contribution in [0.4, 0.5) is 0 Å². The van der Waals surface area contributed by atoms with E-state index in [4.69, 9.17) is 4.74 Å². The molecule has 4 heteroatoms. The van der Waals surface area contributed by atoms with Crippen molar-refractivity contribution >= 4 is 5.78 Å². The largest absolute Gasteiger partial charge is 0.374 e. The first-order chi connectivity index (χ1) is 9.28. The highest BCUT2D eigenvalue weighted by Crippen LogP contribution is 2.23. The van der Waals surface area contributed by atoms with Gasteiger partial charge in [0, 0.05) is 43.5 Å². The van der Waals surface area contributed by atoms with Crippen molar-refractivity contribution in [3.63, 3.8) is 0 Å². The van der Waals surface area contributed by atoms with E-state index >= 15 is 0 Å². The van der Waals surface area contributed by atoms with Crippen molar-refractivity contribution in [1.29, 1.82) is 0 Å². The molecule has 19 heavy (non-hydrogen) atoms. The first kappa shape index (κ1) is 12.9. The third-order valence-electron chi connectivity index (χ3n) is 4.27. The molecule has 1 aromatic rings. The van der Waals surface area contributed by atoms with Crippen molar-refractivity contribution in [2.45, 2.75) is 38.8 Å². The fourth-order valence-electron chi connectivity index (χ4n) is 3.16. The number of morpholine rings is 1. The Bertz CT molecular complexity index is 467. The monoisotopic (exact) mass is 262 g/mol. The normalized spacial score (nSPS) is 24.5. The van der Waals surface area contributed by atoms with Crippen molar-refractivity contribution in [2.24, 2.45) is 0 Å². The molecule has 0 saturated carbocycles. The molecule has 0 aromatic carbocycles. The second-order valence-corrected chi connectivity index (χ2v) is 5.49. The minimum absolute atomic E-state index is 0.252. The summed E-state index contributed by atoms with van der Waals surface area (Å²) in [4.78, 5) is 14.3. The summed E-state index contributed by atoms with van der Waals surface area (Å²) < 4.78 is 8.09. The van der Waals surface area contributed by atoms with E-state index < -0.39 is 0 Å². The van der Waals surface area contributed by atoms with E-state index in [1.54, 1.807) is 0 Å². The molecule has 2 heterocycles. The predicted octanol–water partition coefficient (Wildman–Crippen LogP) is 1.73. The van der Waals surface area contributed by atoms with E-state index in [-0.39, 0.29) is 6.10 Å². The van der Waals surface area contributed by atoms with Crippen molar-refractivity contribution in [2.75, 3.05) is 26.2 Å². The van der Waals surface area contributed by atoms with Gasteiger partial charge in [-0.15, -0.1) is 0 Å². The quantitative estimate of drug-likeness (QED) is 0.832. The zero-order valence-corrected chi connectivity index (χ0v) is 11.6.